The lowest BCUT2D eigenvalue weighted by Gasteiger charge is -2.17. The molecule has 19 heavy (non-hydrogen) atoms. The fraction of sp³-hybridized carbons (Fsp3) is 0.417. The van der Waals surface area contributed by atoms with Crippen LogP contribution in [0, 0.1) is 6.92 Å². The van der Waals surface area contributed by atoms with E-state index in [1.54, 1.807) is 34.6 Å². The smallest absolute Gasteiger partial charge is 0.273 e. The lowest BCUT2D eigenvalue weighted by Crippen LogP contribution is -2.29. The van der Waals surface area contributed by atoms with E-state index in [4.69, 9.17) is 0 Å². The Morgan fingerprint density at radius 3 is 2.58 bits per heavy atom. The van der Waals surface area contributed by atoms with E-state index in [1.165, 1.54) is 0 Å². The summed E-state index contributed by atoms with van der Waals surface area (Å²) in [6.45, 7) is 2.37. The molecule has 0 radical (unpaired) electrons. The number of carbonyl (C=O) groups excluding carboxylic acids is 1. The zero-order valence-corrected chi connectivity index (χ0v) is 13.0. The highest BCUT2D eigenvalue weighted by atomic mass is 79.9. The van der Waals surface area contributed by atoms with Crippen LogP contribution in [0.2, 0.25) is 0 Å². The summed E-state index contributed by atoms with van der Waals surface area (Å²) in [6, 6.07) is 1.90. The van der Waals surface area contributed by atoms with Crippen LogP contribution in [-0.2, 0) is 20.6 Å². The SMILES string of the molecule is Cc1nn(C)c(C(=O)N(C)Cc2ccnn2C)c1Br. The highest BCUT2D eigenvalue weighted by Crippen LogP contribution is 2.21. The standard InChI is InChI=1S/C12H16BrN5O/c1-8-10(13)11(18(4)15-8)12(19)16(2)7-9-5-6-14-17(9)3/h5-6H,7H2,1-4H3. The summed E-state index contributed by atoms with van der Waals surface area (Å²) in [6.07, 6.45) is 1.72. The molecule has 0 aliphatic rings. The number of nitrogens with zero attached hydrogens (tertiary/aromatic N) is 5. The Morgan fingerprint density at radius 2 is 2.11 bits per heavy atom. The summed E-state index contributed by atoms with van der Waals surface area (Å²) in [4.78, 5) is 14.1. The Bertz CT molecular complexity index is 616. The van der Waals surface area contributed by atoms with Gasteiger partial charge in [0.2, 0.25) is 0 Å². The maximum atomic E-state index is 12.4. The van der Waals surface area contributed by atoms with Gasteiger partial charge in [-0.15, -0.1) is 0 Å². The fourth-order valence-electron chi connectivity index (χ4n) is 1.92. The number of halogens is 1. The van der Waals surface area contributed by atoms with Gasteiger partial charge in [0.25, 0.3) is 5.91 Å². The summed E-state index contributed by atoms with van der Waals surface area (Å²) in [5, 5.41) is 8.33. The van der Waals surface area contributed by atoms with Crippen LogP contribution in [0.3, 0.4) is 0 Å². The number of carbonyl (C=O) groups is 1. The van der Waals surface area contributed by atoms with E-state index in [0.29, 0.717) is 12.2 Å². The highest BCUT2D eigenvalue weighted by Gasteiger charge is 2.22. The molecule has 2 heterocycles. The Balaban J connectivity index is 2.22. The second kappa shape index (κ2) is 5.16. The monoisotopic (exact) mass is 325 g/mol. The molecular weight excluding hydrogens is 310 g/mol. The van der Waals surface area contributed by atoms with Gasteiger partial charge in [0, 0.05) is 27.3 Å². The topological polar surface area (TPSA) is 56.0 Å². The van der Waals surface area contributed by atoms with Gasteiger partial charge in [-0.25, -0.2) is 0 Å². The quantitative estimate of drug-likeness (QED) is 0.859. The minimum atomic E-state index is -0.0730. The number of hydrogen-bond acceptors (Lipinski definition) is 3. The number of hydrogen-bond donors (Lipinski definition) is 0. The highest BCUT2D eigenvalue weighted by molar-refractivity contribution is 9.10. The molecule has 0 saturated carbocycles. The Morgan fingerprint density at radius 1 is 1.42 bits per heavy atom. The van der Waals surface area contributed by atoms with Gasteiger partial charge in [-0.1, -0.05) is 0 Å². The lowest BCUT2D eigenvalue weighted by atomic mass is 10.3. The van der Waals surface area contributed by atoms with E-state index in [1.807, 2.05) is 20.0 Å². The Hall–Kier alpha value is -1.63. The molecule has 0 aliphatic heterocycles. The molecule has 1 amide bonds. The van der Waals surface area contributed by atoms with Crippen molar-refractivity contribution in [3.63, 3.8) is 0 Å². The zero-order valence-electron chi connectivity index (χ0n) is 11.4. The minimum Gasteiger partial charge on any atom is -0.334 e. The fourth-order valence-corrected chi connectivity index (χ4v) is 2.42. The van der Waals surface area contributed by atoms with Crippen LogP contribution in [0.15, 0.2) is 16.7 Å². The van der Waals surface area contributed by atoms with Crippen LogP contribution >= 0.6 is 15.9 Å². The molecule has 0 fully saturated rings. The van der Waals surface area contributed by atoms with Crippen molar-refractivity contribution in [1.82, 2.24) is 24.5 Å². The van der Waals surface area contributed by atoms with Crippen LogP contribution in [0.4, 0.5) is 0 Å². The molecule has 0 atom stereocenters. The number of aromatic nitrogens is 4. The summed E-state index contributed by atoms with van der Waals surface area (Å²) in [7, 11) is 5.39. The maximum absolute atomic E-state index is 12.4. The molecule has 0 saturated heterocycles. The molecule has 0 spiro atoms. The first kappa shape index (κ1) is 13.8. The second-order valence-corrected chi connectivity index (χ2v) is 5.27. The van der Waals surface area contributed by atoms with Crippen LogP contribution < -0.4 is 0 Å². The van der Waals surface area contributed by atoms with Crippen molar-refractivity contribution < 1.29 is 4.79 Å². The van der Waals surface area contributed by atoms with Crippen LogP contribution in [0.5, 0.6) is 0 Å². The molecule has 0 aromatic carbocycles. The number of amides is 1. The van der Waals surface area contributed by atoms with Crippen molar-refractivity contribution in [3.05, 3.63) is 33.8 Å². The summed E-state index contributed by atoms with van der Waals surface area (Å²) >= 11 is 3.41. The molecule has 0 unspecified atom stereocenters. The van der Waals surface area contributed by atoms with Gasteiger partial charge in [0.15, 0.2) is 0 Å². The average Bonchev–Trinajstić information content (AvgIpc) is 2.84. The van der Waals surface area contributed by atoms with E-state index < -0.39 is 0 Å². The van der Waals surface area contributed by atoms with Crippen molar-refractivity contribution in [3.8, 4) is 0 Å². The van der Waals surface area contributed by atoms with Crippen molar-refractivity contribution in [2.75, 3.05) is 7.05 Å². The van der Waals surface area contributed by atoms with Gasteiger partial charge in [0.1, 0.15) is 5.69 Å². The molecular formula is C12H16BrN5O. The third kappa shape index (κ3) is 2.56. The minimum absolute atomic E-state index is 0.0730. The van der Waals surface area contributed by atoms with Gasteiger partial charge in [-0.2, -0.15) is 10.2 Å². The third-order valence-electron chi connectivity index (χ3n) is 3.02. The first-order valence-corrected chi connectivity index (χ1v) is 6.62. The van der Waals surface area contributed by atoms with Gasteiger partial charge < -0.3 is 4.90 Å². The van der Waals surface area contributed by atoms with Gasteiger partial charge >= 0.3 is 0 Å². The maximum Gasteiger partial charge on any atom is 0.273 e. The first-order valence-electron chi connectivity index (χ1n) is 5.83. The predicted molar refractivity (Wildman–Crippen MR) is 74.7 cm³/mol. The van der Waals surface area contributed by atoms with E-state index in [-0.39, 0.29) is 5.91 Å². The molecule has 7 heteroatoms. The van der Waals surface area contributed by atoms with Crippen molar-refractivity contribution >= 4 is 21.8 Å². The van der Waals surface area contributed by atoms with Crippen LogP contribution in [0.1, 0.15) is 21.9 Å². The molecule has 2 rings (SSSR count). The van der Waals surface area contributed by atoms with Crippen LogP contribution in [-0.4, -0.2) is 37.4 Å². The van der Waals surface area contributed by atoms with Crippen LogP contribution in [0.25, 0.3) is 0 Å². The predicted octanol–water partition coefficient (Wildman–Crippen LogP) is 1.50. The molecule has 6 nitrogen and oxygen atoms in total. The van der Waals surface area contributed by atoms with E-state index in [0.717, 1.165) is 15.9 Å². The third-order valence-corrected chi connectivity index (χ3v) is 3.97. The Kier molecular flexibility index (Phi) is 3.75. The molecule has 102 valence electrons. The summed E-state index contributed by atoms with van der Waals surface area (Å²) in [5.74, 6) is -0.0730. The van der Waals surface area contributed by atoms with Crippen molar-refractivity contribution in [2.45, 2.75) is 13.5 Å². The van der Waals surface area contributed by atoms with E-state index in [9.17, 15) is 4.79 Å². The Labute approximate surface area is 120 Å². The number of rotatable bonds is 3. The van der Waals surface area contributed by atoms with Crippen molar-refractivity contribution in [2.24, 2.45) is 14.1 Å². The molecule has 2 aromatic rings. The molecule has 2 aromatic heterocycles. The average molecular weight is 326 g/mol. The zero-order chi connectivity index (χ0) is 14.2. The second-order valence-electron chi connectivity index (χ2n) is 4.48. The number of aryl methyl sites for hydroxylation is 3. The van der Waals surface area contributed by atoms with Gasteiger partial charge in [-0.05, 0) is 28.9 Å². The van der Waals surface area contributed by atoms with E-state index >= 15 is 0 Å². The van der Waals surface area contributed by atoms with Crippen molar-refractivity contribution in [1.29, 1.82) is 0 Å². The molecule has 0 bridgehead atoms. The first-order chi connectivity index (χ1) is 8.91. The van der Waals surface area contributed by atoms with Gasteiger partial charge in [0.05, 0.1) is 22.4 Å². The normalized spacial score (nSPS) is 10.8. The summed E-state index contributed by atoms with van der Waals surface area (Å²) < 4.78 is 4.10. The molecule has 0 aliphatic carbocycles. The van der Waals surface area contributed by atoms with Gasteiger partial charge in [-0.3, -0.25) is 14.2 Å². The van der Waals surface area contributed by atoms with E-state index in [2.05, 4.69) is 26.1 Å². The lowest BCUT2D eigenvalue weighted by molar-refractivity contribution is 0.0770. The largest absolute Gasteiger partial charge is 0.334 e. The summed E-state index contributed by atoms with van der Waals surface area (Å²) in [5.41, 5.74) is 2.34. The molecule has 0 N–H and O–H groups in total.